The molecule has 1 fully saturated rings. The molecule has 3 nitrogen and oxygen atoms in total. The van der Waals surface area contributed by atoms with E-state index in [1.54, 1.807) is 0 Å². The molecule has 0 spiro atoms. The van der Waals surface area contributed by atoms with Crippen LogP contribution in [0.15, 0.2) is 18.2 Å². The van der Waals surface area contributed by atoms with Gasteiger partial charge in [-0.1, -0.05) is 23.8 Å². The Morgan fingerprint density at radius 3 is 2.89 bits per heavy atom. The fourth-order valence-corrected chi connectivity index (χ4v) is 2.52. The monoisotopic (exact) mass is 249 g/mol. The van der Waals surface area contributed by atoms with Crippen molar-refractivity contribution < 1.29 is 9.84 Å². The zero-order valence-electron chi connectivity index (χ0n) is 11.4. The second kappa shape index (κ2) is 6.32. The topological polar surface area (TPSA) is 32.7 Å². The summed E-state index contributed by atoms with van der Waals surface area (Å²) in [6.07, 6.45) is 0.656. The van der Waals surface area contributed by atoms with Crippen LogP contribution in [0, 0.1) is 13.8 Å². The first kappa shape index (κ1) is 13.5. The van der Waals surface area contributed by atoms with Crippen LogP contribution in [-0.2, 0) is 4.74 Å². The lowest BCUT2D eigenvalue weighted by Crippen LogP contribution is -2.31. The van der Waals surface area contributed by atoms with Gasteiger partial charge in [-0.2, -0.15) is 0 Å². The molecule has 1 aliphatic heterocycles. The molecule has 1 aromatic rings. The van der Waals surface area contributed by atoms with Crippen molar-refractivity contribution in [3.05, 3.63) is 34.9 Å². The molecule has 1 aliphatic rings. The molecular formula is C15H23NO2. The fraction of sp³-hybridized carbons (Fsp3) is 0.600. The number of rotatable bonds is 3. The molecule has 0 radical (unpaired) electrons. The standard InChI is InChI=1S/C15H23NO2/c1-12-4-5-14(13(2)10-12)15(17)11-16-6-3-8-18-9-7-16/h4-5,10,15,17H,3,6-9,11H2,1-2H3. The number of hydrogen-bond donors (Lipinski definition) is 1. The van der Waals surface area contributed by atoms with Gasteiger partial charge < -0.3 is 9.84 Å². The number of hydrogen-bond acceptors (Lipinski definition) is 3. The van der Waals surface area contributed by atoms with Gasteiger partial charge in [0.2, 0.25) is 0 Å². The Balaban J connectivity index is 1.99. The highest BCUT2D eigenvalue weighted by Gasteiger charge is 2.16. The smallest absolute Gasteiger partial charge is 0.0919 e. The van der Waals surface area contributed by atoms with Crippen LogP contribution in [0.1, 0.15) is 29.2 Å². The van der Waals surface area contributed by atoms with Crippen LogP contribution in [0.25, 0.3) is 0 Å². The van der Waals surface area contributed by atoms with Crippen molar-refractivity contribution in [2.45, 2.75) is 26.4 Å². The summed E-state index contributed by atoms with van der Waals surface area (Å²) in [5.74, 6) is 0. The van der Waals surface area contributed by atoms with E-state index in [1.807, 2.05) is 6.07 Å². The second-order valence-corrected chi connectivity index (χ2v) is 5.14. The summed E-state index contributed by atoms with van der Waals surface area (Å²) in [4.78, 5) is 2.29. The van der Waals surface area contributed by atoms with Crippen LogP contribution < -0.4 is 0 Å². The number of ether oxygens (including phenoxy) is 1. The van der Waals surface area contributed by atoms with Gasteiger partial charge in [0.15, 0.2) is 0 Å². The van der Waals surface area contributed by atoms with E-state index in [1.165, 1.54) is 11.1 Å². The van der Waals surface area contributed by atoms with E-state index >= 15 is 0 Å². The zero-order chi connectivity index (χ0) is 13.0. The van der Waals surface area contributed by atoms with Crippen molar-refractivity contribution in [1.29, 1.82) is 0 Å². The quantitative estimate of drug-likeness (QED) is 0.890. The molecule has 1 aromatic carbocycles. The zero-order valence-corrected chi connectivity index (χ0v) is 11.4. The van der Waals surface area contributed by atoms with Crippen LogP contribution in [0.4, 0.5) is 0 Å². The number of aliphatic hydroxyl groups is 1. The minimum absolute atomic E-state index is 0.399. The number of nitrogens with zero attached hydrogens (tertiary/aromatic N) is 1. The summed E-state index contributed by atoms with van der Waals surface area (Å²) in [5, 5.41) is 10.4. The number of aryl methyl sites for hydroxylation is 2. The van der Waals surface area contributed by atoms with Gasteiger partial charge in [0.05, 0.1) is 12.7 Å². The predicted molar refractivity (Wildman–Crippen MR) is 72.8 cm³/mol. The Morgan fingerprint density at radius 1 is 1.28 bits per heavy atom. The van der Waals surface area contributed by atoms with Gasteiger partial charge in [0.1, 0.15) is 0 Å². The van der Waals surface area contributed by atoms with Gasteiger partial charge in [0, 0.05) is 26.2 Å². The van der Waals surface area contributed by atoms with E-state index in [0.29, 0.717) is 6.54 Å². The van der Waals surface area contributed by atoms with E-state index in [9.17, 15) is 5.11 Å². The average Bonchev–Trinajstić information content (AvgIpc) is 2.57. The third-order valence-corrected chi connectivity index (χ3v) is 3.53. The van der Waals surface area contributed by atoms with Crippen LogP contribution in [-0.4, -0.2) is 42.9 Å². The molecule has 1 saturated heterocycles. The Kier molecular flexibility index (Phi) is 4.75. The first-order valence-electron chi connectivity index (χ1n) is 6.72. The van der Waals surface area contributed by atoms with E-state index in [2.05, 4.69) is 30.9 Å². The molecule has 0 aromatic heterocycles. The molecule has 1 atom stereocenters. The fourth-order valence-electron chi connectivity index (χ4n) is 2.52. The van der Waals surface area contributed by atoms with Gasteiger partial charge in [-0.05, 0) is 31.4 Å². The highest BCUT2D eigenvalue weighted by Crippen LogP contribution is 2.20. The first-order chi connectivity index (χ1) is 8.66. The predicted octanol–water partition coefficient (Wildman–Crippen LogP) is 2.06. The van der Waals surface area contributed by atoms with Crippen LogP contribution >= 0.6 is 0 Å². The minimum atomic E-state index is -0.399. The summed E-state index contributed by atoms with van der Waals surface area (Å²) in [5.41, 5.74) is 3.46. The lowest BCUT2D eigenvalue weighted by atomic mass is 10.0. The normalized spacial score (nSPS) is 19.5. The van der Waals surface area contributed by atoms with Gasteiger partial charge >= 0.3 is 0 Å². The third-order valence-electron chi connectivity index (χ3n) is 3.53. The Labute approximate surface area is 109 Å². The summed E-state index contributed by atoms with van der Waals surface area (Å²) >= 11 is 0. The number of β-amino-alcohol motifs (C(OH)–C–C–N with tert-alkyl or cyclic N) is 1. The summed E-state index contributed by atoms with van der Waals surface area (Å²) in [6, 6.07) is 6.24. The molecule has 0 amide bonds. The second-order valence-electron chi connectivity index (χ2n) is 5.14. The van der Waals surface area contributed by atoms with Crippen molar-refractivity contribution in [2.75, 3.05) is 32.8 Å². The van der Waals surface area contributed by atoms with Crippen molar-refractivity contribution in [3.8, 4) is 0 Å². The van der Waals surface area contributed by atoms with Crippen molar-refractivity contribution >= 4 is 0 Å². The van der Waals surface area contributed by atoms with Gasteiger partial charge in [-0.15, -0.1) is 0 Å². The molecule has 0 saturated carbocycles. The van der Waals surface area contributed by atoms with Crippen LogP contribution in [0.3, 0.4) is 0 Å². The molecule has 0 bridgehead atoms. The van der Waals surface area contributed by atoms with Gasteiger partial charge in [-0.25, -0.2) is 0 Å². The van der Waals surface area contributed by atoms with E-state index < -0.39 is 6.10 Å². The molecule has 2 rings (SSSR count). The minimum Gasteiger partial charge on any atom is -0.387 e. The summed E-state index contributed by atoms with van der Waals surface area (Å²) in [7, 11) is 0. The maximum Gasteiger partial charge on any atom is 0.0919 e. The summed E-state index contributed by atoms with van der Waals surface area (Å²) in [6.45, 7) is 8.40. The molecular weight excluding hydrogens is 226 g/mol. The van der Waals surface area contributed by atoms with Crippen molar-refractivity contribution in [3.63, 3.8) is 0 Å². The lowest BCUT2D eigenvalue weighted by Gasteiger charge is -2.23. The van der Waals surface area contributed by atoms with Crippen LogP contribution in [0.2, 0.25) is 0 Å². The Bertz CT molecular complexity index is 384. The first-order valence-corrected chi connectivity index (χ1v) is 6.72. The van der Waals surface area contributed by atoms with E-state index in [0.717, 1.165) is 38.3 Å². The lowest BCUT2D eigenvalue weighted by molar-refractivity contribution is 0.103. The third kappa shape index (κ3) is 3.55. The highest BCUT2D eigenvalue weighted by atomic mass is 16.5. The molecule has 1 unspecified atom stereocenters. The Morgan fingerprint density at radius 2 is 2.11 bits per heavy atom. The molecule has 0 aliphatic carbocycles. The van der Waals surface area contributed by atoms with Crippen molar-refractivity contribution in [2.24, 2.45) is 0 Å². The summed E-state index contributed by atoms with van der Waals surface area (Å²) < 4.78 is 5.43. The van der Waals surface area contributed by atoms with Crippen LogP contribution in [0.5, 0.6) is 0 Å². The van der Waals surface area contributed by atoms with E-state index in [4.69, 9.17) is 4.74 Å². The average molecular weight is 249 g/mol. The highest BCUT2D eigenvalue weighted by molar-refractivity contribution is 5.32. The molecule has 100 valence electrons. The maximum atomic E-state index is 10.4. The Hall–Kier alpha value is -0.900. The van der Waals surface area contributed by atoms with Gasteiger partial charge in [-0.3, -0.25) is 4.90 Å². The SMILES string of the molecule is Cc1ccc(C(O)CN2CCCOCC2)c(C)c1. The van der Waals surface area contributed by atoms with Gasteiger partial charge in [0.25, 0.3) is 0 Å². The van der Waals surface area contributed by atoms with E-state index in [-0.39, 0.29) is 0 Å². The number of benzene rings is 1. The molecule has 1 heterocycles. The largest absolute Gasteiger partial charge is 0.387 e. The molecule has 18 heavy (non-hydrogen) atoms. The molecule has 1 N–H and O–H groups in total. The maximum absolute atomic E-state index is 10.4. The number of aliphatic hydroxyl groups excluding tert-OH is 1. The van der Waals surface area contributed by atoms with Crippen molar-refractivity contribution in [1.82, 2.24) is 4.90 Å². The molecule has 3 heteroatoms.